The highest BCUT2D eigenvalue weighted by molar-refractivity contribution is 7.89. The van der Waals surface area contributed by atoms with E-state index in [0.29, 0.717) is 17.2 Å². The number of hydrogen-bond acceptors (Lipinski definition) is 6. The second-order valence-electron chi connectivity index (χ2n) is 6.56. The number of carbonyl (C=O) groups excluding carboxylic acids is 1. The van der Waals surface area contributed by atoms with Crippen molar-refractivity contribution < 1.29 is 27.4 Å². The van der Waals surface area contributed by atoms with Gasteiger partial charge in [0.15, 0.2) is 6.10 Å². The number of amides is 1. The van der Waals surface area contributed by atoms with Crippen LogP contribution >= 0.6 is 0 Å². The van der Waals surface area contributed by atoms with Crippen molar-refractivity contribution in [2.24, 2.45) is 0 Å². The Bertz CT molecular complexity index is 942. The Kier molecular flexibility index (Phi) is 7.46. The zero-order valence-electron chi connectivity index (χ0n) is 17.1. The van der Waals surface area contributed by atoms with Gasteiger partial charge in [-0.25, -0.2) is 13.1 Å². The van der Waals surface area contributed by atoms with Gasteiger partial charge in [0.05, 0.1) is 24.8 Å². The molecular weight excluding hydrogens is 396 g/mol. The van der Waals surface area contributed by atoms with Gasteiger partial charge in [-0.15, -0.1) is 0 Å². The minimum atomic E-state index is -3.72. The molecule has 0 aromatic heterocycles. The van der Waals surface area contributed by atoms with Crippen LogP contribution in [0.2, 0.25) is 0 Å². The quantitative estimate of drug-likeness (QED) is 0.644. The third-order valence-corrected chi connectivity index (χ3v) is 5.53. The average Bonchev–Trinajstić information content (AvgIpc) is 2.67. The second kappa shape index (κ2) is 9.62. The molecule has 1 atom stereocenters. The van der Waals surface area contributed by atoms with Gasteiger partial charge in [-0.3, -0.25) is 4.79 Å². The monoisotopic (exact) mass is 422 g/mol. The van der Waals surface area contributed by atoms with Crippen LogP contribution in [0, 0.1) is 0 Å². The predicted molar refractivity (Wildman–Crippen MR) is 110 cm³/mol. The topological polar surface area (TPSA) is 103 Å². The summed E-state index contributed by atoms with van der Waals surface area (Å²) < 4.78 is 43.3. The highest BCUT2D eigenvalue weighted by atomic mass is 32.2. The fraction of sp³-hybridized carbons (Fsp3) is 0.350. The van der Waals surface area contributed by atoms with Crippen LogP contribution in [0.15, 0.2) is 47.4 Å². The number of carbonyl (C=O) groups is 1. The molecule has 0 saturated heterocycles. The summed E-state index contributed by atoms with van der Waals surface area (Å²) in [5.41, 5.74) is 0.231. The first-order valence-electron chi connectivity index (χ1n) is 8.98. The van der Waals surface area contributed by atoms with E-state index >= 15 is 0 Å². The van der Waals surface area contributed by atoms with Crippen molar-refractivity contribution >= 4 is 21.6 Å². The summed E-state index contributed by atoms with van der Waals surface area (Å²) in [6.45, 7) is 5.04. The lowest BCUT2D eigenvalue weighted by Crippen LogP contribution is -2.31. The number of rotatable bonds is 9. The third-order valence-electron chi connectivity index (χ3n) is 3.87. The number of nitrogens with one attached hydrogen (secondary N) is 2. The van der Waals surface area contributed by atoms with E-state index in [9.17, 15) is 13.2 Å². The molecular formula is C20H26N2O6S. The van der Waals surface area contributed by atoms with Crippen LogP contribution in [-0.4, -0.2) is 40.7 Å². The number of methoxy groups -OCH3 is 2. The molecule has 158 valence electrons. The van der Waals surface area contributed by atoms with Crippen LogP contribution in [0.5, 0.6) is 17.2 Å². The van der Waals surface area contributed by atoms with E-state index in [0.717, 1.165) is 0 Å². The average molecular weight is 423 g/mol. The Balaban J connectivity index is 2.17. The van der Waals surface area contributed by atoms with Crippen molar-refractivity contribution in [3.63, 3.8) is 0 Å². The van der Waals surface area contributed by atoms with Crippen LogP contribution in [-0.2, 0) is 14.8 Å². The van der Waals surface area contributed by atoms with Crippen molar-refractivity contribution in [2.45, 2.75) is 37.8 Å². The van der Waals surface area contributed by atoms with Crippen LogP contribution in [0.3, 0.4) is 0 Å². The molecule has 2 rings (SSSR count). The van der Waals surface area contributed by atoms with Gasteiger partial charge in [0.25, 0.3) is 5.91 Å². The fourth-order valence-corrected chi connectivity index (χ4v) is 3.75. The predicted octanol–water partition coefficient (Wildman–Crippen LogP) is 2.80. The lowest BCUT2D eigenvalue weighted by molar-refractivity contribution is -0.122. The first-order chi connectivity index (χ1) is 13.7. The molecule has 0 spiro atoms. The molecule has 0 aliphatic carbocycles. The second-order valence-corrected chi connectivity index (χ2v) is 8.28. The van der Waals surface area contributed by atoms with Gasteiger partial charge in [0.2, 0.25) is 10.0 Å². The minimum absolute atomic E-state index is 0.0195. The van der Waals surface area contributed by atoms with Gasteiger partial charge in [0, 0.05) is 6.04 Å². The number of hydrogen-bond donors (Lipinski definition) is 2. The van der Waals surface area contributed by atoms with E-state index in [1.165, 1.54) is 25.3 Å². The SMILES string of the molecule is COc1ccc(O[C@H](C)C(=O)Nc2cc(S(=O)(=O)NC(C)C)ccc2OC)cc1. The molecule has 1 amide bonds. The van der Waals surface area contributed by atoms with E-state index in [1.807, 2.05) is 0 Å². The molecule has 2 N–H and O–H groups in total. The maximum Gasteiger partial charge on any atom is 0.265 e. The van der Waals surface area contributed by atoms with Crippen molar-refractivity contribution in [3.8, 4) is 17.2 Å². The molecule has 0 bridgehead atoms. The van der Waals surface area contributed by atoms with Crippen molar-refractivity contribution in [2.75, 3.05) is 19.5 Å². The molecule has 9 heteroatoms. The van der Waals surface area contributed by atoms with Gasteiger partial charge in [-0.05, 0) is 63.2 Å². The Morgan fingerprint density at radius 2 is 1.55 bits per heavy atom. The highest BCUT2D eigenvalue weighted by Gasteiger charge is 2.21. The van der Waals surface area contributed by atoms with E-state index < -0.39 is 22.0 Å². The molecule has 0 fully saturated rings. The lowest BCUT2D eigenvalue weighted by atomic mass is 10.2. The van der Waals surface area contributed by atoms with E-state index in [4.69, 9.17) is 14.2 Å². The van der Waals surface area contributed by atoms with E-state index in [2.05, 4.69) is 10.0 Å². The molecule has 2 aromatic rings. The molecule has 0 unspecified atom stereocenters. The van der Waals surface area contributed by atoms with Crippen LogP contribution < -0.4 is 24.2 Å². The fourth-order valence-electron chi connectivity index (χ4n) is 2.48. The summed E-state index contributed by atoms with van der Waals surface area (Å²) in [6.07, 6.45) is -0.831. The number of benzene rings is 2. The zero-order chi connectivity index (χ0) is 21.6. The van der Waals surface area contributed by atoms with Gasteiger partial charge >= 0.3 is 0 Å². The van der Waals surface area contributed by atoms with E-state index in [1.54, 1.807) is 52.1 Å². The summed E-state index contributed by atoms with van der Waals surface area (Å²) in [5, 5.41) is 2.66. The maximum atomic E-state index is 12.6. The Morgan fingerprint density at radius 3 is 2.10 bits per heavy atom. The minimum Gasteiger partial charge on any atom is -0.497 e. The summed E-state index contributed by atoms with van der Waals surface area (Å²) in [5.74, 6) is 1.05. The zero-order valence-corrected chi connectivity index (χ0v) is 17.9. The smallest absolute Gasteiger partial charge is 0.265 e. The van der Waals surface area contributed by atoms with Crippen molar-refractivity contribution in [3.05, 3.63) is 42.5 Å². The van der Waals surface area contributed by atoms with Crippen molar-refractivity contribution in [1.29, 1.82) is 0 Å². The molecule has 0 radical (unpaired) electrons. The summed E-state index contributed by atoms with van der Waals surface area (Å²) in [6, 6.07) is 10.8. The number of anilines is 1. The molecule has 0 aliphatic rings. The summed E-state index contributed by atoms with van der Waals surface area (Å²) in [4.78, 5) is 12.6. The maximum absolute atomic E-state index is 12.6. The standard InChI is InChI=1S/C20H26N2O6S/c1-13(2)22-29(24,25)17-10-11-19(27-5)18(12-17)21-20(23)14(3)28-16-8-6-15(26-4)7-9-16/h6-14,22H,1-5H3,(H,21,23)/t14-/m1/s1. The lowest BCUT2D eigenvalue weighted by Gasteiger charge is -2.17. The van der Waals surface area contributed by atoms with Crippen LogP contribution in [0.1, 0.15) is 20.8 Å². The molecule has 0 saturated carbocycles. The number of ether oxygens (including phenoxy) is 3. The third kappa shape index (κ3) is 6.10. The normalized spacial score (nSPS) is 12.3. The van der Waals surface area contributed by atoms with E-state index in [-0.39, 0.29) is 16.6 Å². The molecule has 0 aliphatic heterocycles. The molecule has 2 aromatic carbocycles. The largest absolute Gasteiger partial charge is 0.497 e. The summed E-state index contributed by atoms with van der Waals surface area (Å²) >= 11 is 0. The first-order valence-corrected chi connectivity index (χ1v) is 10.5. The Morgan fingerprint density at radius 1 is 0.931 bits per heavy atom. The molecule has 29 heavy (non-hydrogen) atoms. The number of sulfonamides is 1. The van der Waals surface area contributed by atoms with Gasteiger partial charge < -0.3 is 19.5 Å². The summed E-state index contributed by atoms with van der Waals surface area (Å²) in [7, 11) is -0.725. The Labute approximate surface area is 171 Å². The van der Waals surface area contributed by atoms with Crippen molar-refractivity contribution in [1.82, 2.24) is 4.72 Å². The van der Waals surface area contributed by atoms with Crippen LogP contribution in [0.4, 0.5) is 5.69 Å². The van der Waals surface area contributed by atoms with Gasteiger partial charge in [-0.1, -0.05) is 0 Å². The Hall–Kier alpha value is -2.78. The molecule has 8 nitrogen and oxygen atoms in total. The highest BCUT2D eigenvalue weighted by Crippen LogP contribution is 2.28. The first kappa shape index (κ1) is 22.5. The molecule has 0 heterocycles. The van der Waals surface area contributed by atoms with Gasteiger partial charge in [-0.2, -0.15) is 0 Å². The van der Waals surface area contributed by atoms with Gasteiger partial charge in [0.1, 0.15) is 17.2 Å². The van der Waals surface area contributed by atoms with Crippen LogP contribution in [0.25, 0.3) is 0 Å².